The van der Waals surface area contributed by atoms with Crippen molar-refractivity contribution in [1.29, 1.82) is 0 Å². The second-order valence-corrected chi connectivity index (χ2v) is 3.90. The molecule has 0 saturated heterocycles. The Labute approximate surface area is 125 Å². The summed E-state index contributed by atoms with van der Waals surface area (Å²) in [6.45, 7) is 18.1. The van der Waals surface area contributed by atoms with Crippen LogP contribution in [0.5, 0.6) is 0 Å². The molecule has 0 aliphatic carbocycles. The van der Waals surface area contributed by atoms with Crippen LogP contribution < -0.4 is 5.73 Å². The molecule has 0 bridgehead atoms. The van der Waals surface area contributed by atoms with E-state index in [-0.39, 0.29) is 18.1 Å². The van der Waals surface area contributed by atoms with Crippen LogP contribution in [0.15, 0.2) is 49.1 Å². The number of aliphatic carboxylic acids is 1. The number of rotatable bonds is 5. The van der Waals surface area contributed by atoms with E-state index in [4.69, 9.17) is 10.8 Å². The summed E-state index contributed by atoms with van der Waals surface area (Å²) in [5.74, 6) is -1.74. The van der Waals surface area contributed by atoms with Gasteiger partial charge in [-0.25, -0.2) is 9.59 Å². The molecule has 0 spiro atoms. The number of carbonyl (C=O) groups is 3. The van der Waals surface area contributed by atoms with Gasteiger partial charge in [0.2, 0.25) is 5.91 Å². The normalized spacial score (nSPS) is 7.76. The number of amides is 1. The number of nitrogens with two attached hydrogens (primary N) is 1. The van der Waals surface area contributed by atoms with Crippen LogP contribution in [0.4, 0.5) is 0 Å². The molecule has 0 atom stereocenters. The lowest BCUT2D eigenvalue weighted by Crippen LogP contribution is -2.10. The van der Waals surface area contributed by atoms with Gasteiger partial charge in [-0.3, -0.25) is 4.79 Å². The van der Waals surface area contributed by atoms with Crippen molar-refractivity contribution in [2.75, 3.05) is 6.61 Å². The van der Waals surface area contributed by atoms with Crippen molar-refractivity contribution in [3.05, 3.63) is 49.1 Å². The molecular weight excluding hydrogens is 274 g/mol. The van der Waals surface area contributed by atoms with Crippen LogP contribution in [0.3, 0.4) is 0 Å². The van der Waals surface area contributed by atoms with Crippen LogP contribution in [0, 0.1) is 0 Å². The lowest BCUT2D eigenvalue weighted by molar-refractivity contribution is -0.137. The van der Waals surface area contributed by atoms with Crippen molar-refractivity contribution in [3.63, 3.8) is 0 Å². The minimum atomic E-state index is -0.935. The molecule has 0 aliphatic rings. The highest BCUT2D eigenvalue weighted by atomic mass is 16.5. The van der Waals surface area contributed by atoms with Crippen molar-refractivity contribution in [3.8, 4) is 0 Å². The molecule has 0 aliphatic heterocycles. The molecule has 0 saturated carbocycles. The molecule has 6 nitrogen and oxygen atoms in total. The van der Waals surface area contributed by atoms with Crippen LogP contribution >= 0.6 is 0 Å². The van der Waals surface area contributed by atoms with Gasteiger partial charge < -0.3 is 15.6 Å². The Kier molecular flexibility index (Phi) is 15.4. The molecule has 1 amide bonds. The molecule has 0 radical (unpaired) electrons. The fourth-order valence-corrected chi connectivity index (χ4v) is 0.258. The van der Waals surface area contributed by atoms with Crippen LogP contribution in [0.2, 0.25) is 0 Å². The Bertz CT molecular complexity index is 387. The molecular formula is C15H23NO5. The Morgan fingerprint density at radius 1 is 1.05 bits per heavy atom. The van der Waals surface area contributed by atoms with Crippen LogP contribution in [-0.2, 0) is 19.1 Å². The minimum absolute atomic E-state index is 0.176. The number of hydrogen-bond donors (Lipinski definition) is 2. The molecule has 0 aromatic carbocycles. The molecule has 0 fully saturated rings. The van der Waals surface area contributed by atoms with Gasteiger partial charge in [-0.1, -0.05) is 32.4 Å². The lowest BCUT2D eigenvalue weighted by Gasteiger charge is -1.97. The second kappa shape index (κ2) is 13.8. The summed E-state index contributed by atoms with van der Waals surface area (Å²) >= 11 is 0. The number of carboxylic acid groups (broad SMARTS) is 1. The van der Waals surface area contributed by atoms with Gasteiger partial charge in [0.1, 0.15) is 6.61 Å². The highest BCUT2D eigenvalue weighted by Gasteiger charge is 1.98. The van der Waals surface area contributed by atoms with Crippen LogP contribution in [-0.4, -0.2) is 29.6 Å². The summed E-state index contributed by atoms with van der Waals surface area (Å²) in [5, 5.41) is 7.89. The third kappa shape index (κ3) is 23.0. The predicted octanol–water partition coefficient (Wildman–Crippen LogP) is 1.99. The molecule has 3 N–H and O–H groups in total. The topological polar surface area (TPSA) is 107 Å². The van der Waals surface area contributed by atoms with Crippen molar-refractivity contribution in [2.45, 2.75) is 20.8 Å². The first kappa shape index (κ1) is 23.5. The van der Waals surface area contributed by atoms with Gasteiger partial charge in [0, 0.05) is 16.7 Å². The SMILES string of the molecule is C=C(C)C(=O)O.C=C(C)C(N)=O.C=CCOC(=O)C(=C)C. The predicted molar refractivity (Wildman–Crippen MR) is 82.4 cm³/mol. The van der Waals surface area contributed by atoms with Crippen LogP contribution in [0.1, 0.15) is 20.8 Å². The largest absolute Gasteiger partial charge is 0.478 e. The van der Waals surface area contributed by atoms with E-state index in [1.165, 1.54) is 13.0 Å². The summed E-state index contributed by atoms with van der Waals surface area (Å²) in [7, 11) is 0. The molecule has 0 aromatic heterocycles. The van der Waals surface area contributed by atoms with Gasteiger partial charge in [0.15, 0.2) is 0 Å². The van der Waals surface area contributed by atoms with E-state index in [0.29, 0.717) is 11.1 Å². The standard InChI is InChI=1S/C7H10O2.C4H7NO.C4H6O2/c1-4-5-9-7(8)6(2)3;2*1-3(2)4(5)6/h4H,1-2,5H2,3H3;1H2,2H3,(H2,5,6);1H2,2H3,(H,5,6). The highest BCUT2D eigenvalue weighted by Crippen LogP contribution is 1.90. The number of primary amides is 1. The monoisotopic (exact) mass is 297 g/mol. The first-order valence-corrected chi connectivity index (χ1v) is 5.74. The lowest BCUT2D eigenvalue weighted by atomic mass is 10.3. The molecule has 118 valence electrons. The van der Waals surface area contributed by atoms with E-state index >= 15 is 0 Å². The van der Waals surface area contributed by atoms with Crippen molar-refractivity contribution in [1.82, 2.24) is 0 Å². The summed E-state index contributed by atoms with van der Waals surface area (Å²) in [6.07, 6.45) is 1.51. The van der Waals surface area contributed by atoms with E-state index < -0.39 is 11.9 Å². The van der Waals surface area contributed by atoms with E-state index in [0.717, 1.165) is 0 Å². The van der Waals surface area contributed by atoms with Gasteiger partial charge in [-0.05, 0) is 20.8 Å². The molecule has 0 unspecified atom stereocenters. The molecule has 21 heavy (non-hydrogen) atoms. The summed E-state index contributed by atoms with van der Waals surface area (Å²) in [5.41, 5.74) is 5.68. The third-order valence-corrected chi connectivity index (χ3v) is 1.47. The third-order valence-electron chi connectivity index (χ3n) is 1.47. The van der Waals surface area contributed by atoms with Gasteiger partial charge in [-0.2, -0.15) is 0 Å². The van der Waals surface area contributed by atoms with E-state index in [1.807, 2.05) is 0 Å². The zero-order valence-electron chi connectivity index (χ0n) is 12.8. The Hall–Kier alpha value is -2.63. The number of ether oxygens (including phenoxy) is 1. The second-order valence-electron chi connectivity index (χ2n) is 3.90. The zero-order chi connectivity index (χ0) is 17.6. The molecule has 0 aromatic rings. The van der Waals surface area contributed by atoms with Crippen molar-refractivity contribution in [2.24, 2.45) is 5.73 Å². The quantitative estimate of drug-likeness (QED) is 0.458. The Morgan fingerprint density at radius 2 is 1.38 bits per heavy atom. The average molecular weight is 297 g/mol. The van der Waals surface area contributed by atoms with Gasteiger partial charge in [0.25, 0.3) is 0 Å². The Morgan fingerprint density at radius 3 is 1.52 bits per heavy atom. The molecule has 0 heterocycles. The van der Waals surface area contributed by atoms with Crippen LogP contribution in [0.25, 0.3) is 0 Å². The molecule has 6 heteroatoms. The first-order chi connectivity index (χ1) is 9.47. The minimum Gasteiger partial charge on any atom is -0.478 e. The van der Waals surface area contributed by atoms with Gasteiger partial charge >= 0.3 is 11.9 Å². The van der Waals surface area contributed by atoms with E-state index in [9.17, 15) is 14.4 Å². The summed E-state index contributed by atoms with van der Waals surface area (Å²) in [4.78, 5) is 30.0. The first-order valence-electron chi connectivity index (χ1n) is 5.74. The van der Waals surface area contributed by atoms with E-state index in [2.05, 4.69) is 31.1 Å². The van der Waals surface area contributed by atoms with Crippen molar-refractivity contribution >= 4 is 17.8 Å². The number of carboxylic acids is 1. The van der Waals surface area contributed by atoms with E-state index in [1.54, 1.807) is 13.8 Å². The number of carbonyl (C=O) groups excluding carboxylic acids is 2. The summed E-state index contributed by atoms with van der Waals surface area (Å²) < 4.78 is 4.60. The average Bonchev–Trinajstić information content (AvgIpc) is 2.36. The Balaban J connectivity index is -0.000000240. The fourth-order valence-electron chi connectivity index (χ4n) is 0.258. The zero-order valence-corrected chi connectivity index (χ0v) is 12.8. The maximum absolute atomic E-state index is 10.5. The highest BCUT2D eigenvalue weighted by molar-refractivity contribution is 5.90. The van der Waals surface area contributed by atoms with Gasteiger partial charge in [-0.15, -0.1) is 0 Å². The number of hydrogen-bond acceptors (Lipinski definition) is 4. The maximum atomic E-state index is 10.5. The van der Waals surface area contributed by atoms with Crippen molar-refractivity contribution < 1.29 is 24.2 Å². The summed E-state index contributed by atoms with van der Waals surface area (Å²) in [6, 6.07) is 0. The smallest absolute Gasteiger partial charge is 0.333 e. The fraction of sp³-hybridized carbons (Fsp3) is 0.267. The number of esters is 1. The maximum Gasteiger partial charge on any atom is 0.333 e. The van der Waals surface area contributed by atoms with Gasteiger partial charge in [0.05, 0.1) is 0 Å². The molecule has 0 rings (SSSR count).